The number of rotatable bonds is 1. The van der Waals surface area contributed by atoms with E-state index in [4.69, 9.17) is 0 Å². The fourth-order valence-corrected chi connectivity index (χ4v) is 2.78. The van der Waals surface area contributed by atoms with E-state index < -0.39 is 9.84 Å². The highest BCUT2D eigenvalue weighted by Gasteiger charge is 2.33. The first-order valence-electron chi connectivity index (χ1n) is 5.63. The lowest BCUT2D eigenvalue weighted by molar-refractivity contribution is -0.137. The standard InChI is InChI=1S/C11H21NO3S/c1-9(11(2,3)4)10(13)12-5-7-16(14,15)8-6-12/h9H,5-8H2,1-4H3. The highest BCUT2D eigenvalue weighted by atomic mass is 32.2. The van der Waals surface area contributed by atoms with E-state index in [-0.39, 0.29) is 28.7 Å². The summed E-state index contributed by atoms with van der Waals surface area (Å²) in [6.45, 7) is 8.68. The largest absolute Gasteiger partial charge is 0.340 e. The molecule has 0 aromatic rings. The number of hydrogen-bond acceptors (Lipinski definition) is 3. The molecule has 0 bridgehead atoms. The summed E-state index contributed by atoms with van der Waals surface area (Å²) in [5.74, 6) is 0.210. The van der Waals surface area contributed by atoms with Crippen LogP contribution in [0.3, 0.4) is 0 Å². The molecule has 0 aliphatic carbocycles. The Bertz CT molecular complexity index is 353. The summed E-state index contributed by atoms with van der Waals surface area (Å²) in [7, 11) is -2.90. The van der Waals surface area contributed by atoms with Crippen molar-refractivity contribution in [3.63, 3.8) is 0 Å². The minimum Gasteiger partial charge on any atom is -0.340 e. The van der Waals surface area contributed by atoms with Gasteiger partial charge in [0, 0.05) is 19.0 Å². The molecule has 94 valence electrons. The second kappa shape index (κ2) is 4.35. The maximum absolute atomic E-state index is 12.1. The molecule has 0 N–H and O–H groups in total. The molecule has 1 rings (SSSR count). The summed E-state index contributed by atoms with van der Waals surface area (Å²) in [5, 5.41) is 0. The van der Waals surface area contributed by atoms with Crippen molar-refractivity contribution in [2.75, 3.05) is 24.6 Å². The first-order chi connectivity index (χ1) is 7.13. The molecule has 1 heterocycles. The number of nitrogens with zero attached hydrogens (tertiary/aromatic N) is 1. The van der Waals surface area contributed by atoms with E-state index in [2.05, 4.69) is 0 Å². The van der Waals surface area contributed by atoms with Crippen LogP contribution in [0.25, 0.3) is 0 Å². The van der Waals surface area contributed by atoms with Gasteiger partial charge in [-0.15, -0.1) is 0 Å². The van der Waals surface area contributed by atoms with Gasteiger partial charge in [0.1, 0.15) is 0 Å². The molecule has 0 aromatic heterocycles. The Morgan fingerprint density at radius 1 is 1.19 bits per heavy atom. The van der Waals surface area contributed by atoms with Crippen LogP contribution in [0.1, 0.15) is 27.7 Å². The SMILES string of the molecule is CC(C(=O)N1CCS(=O)(=O)CC1)C(C)(C)C. The van der Waals surface area contributed by atoms with Crippen molar-refractivity contribution in [1.82, 2.24) is 4.90 Å². The Hall–Kier alpha value is -0.580. The topological polar surface area (TPSA) is 54.5 Å². The third kappa shape index (κ3) is 3.20. The minimum absolute atomic E-state index is 0.0717. The predicted octanol–water partition coefficient (Wildman–Crippen LogP) is 0.926. The van der Waals surface area contributed by atoms with E-state index in [1.165, 1.54) is 0 Å². The molecule has 1 saturated heterocycles. The molecule has 16 heavy (non-hydrogen) atoms. The maximum Gasteiger partial charge on any atom is 0.225 e. The second-order valence-corrected chi connectivity index (χ2v) is 7.87. The van der Waals surface area contributed by atoms with Gasteiger partial charge in [-0.2, -0.15) is 0 Å². The molecular weight excluding hydrogens is 226 g/mol. The van der Waals surface area contributed by atoms with Crippen LogP contribution in [0, 0.1) is 11.3 Å². The molecule has 1 aliphatic heterocycles. The van der Waals surface area contributed by atoms with Crippen LogP contribution in [-0.4, -0.2) is 43.8 Å². The van der Waals surface area contributed by atoms with Gasteiger partial charge in [-0.05, 0) is 5.41 Å². The van der Waals surface area contributed by atoms with Crippen molar-refractivity contribution < 1.29 is 13.2 Å². The van der Waals surface area contributed by atoms with Gasteiger partial charge in [-0.25, -0.2) is 8.42 Å². The molecule has 1 atom stereocenters. The quantitative estimate of drug-likeness (QED) is 0.692. The van der Waals surface area contributed by atoms with Crippen LogP contribution in [0.15, 0.2) is 0 Å². The summed E-state index contributed by atoms with van der Waals surface area (Å²) in [5.41, 5.74) is -0.0760. The molecule has 1 fully saturated rings. The van der Waals surface area contributed by atoms with Crippen LogP contribution in [0.4, 0.5) is 0 Å². The van der Waals surface area contributed by atoms with Crippen molar-refractivity contribution in [3.8, 4) is 0 Å². The smallest absolute Gasteiger partial charge is 0.225 e. The highest BCUT2D eigenvalue weighted by Crippen LogP contribution is 2.27. The molecule has 4 nitrogen and oxygen atoms in total. The maximum atomic E-state index is 12.1. The van der Waals surface area contributed by atoms with Crippen molar-refractivity contribution in [2.24, 2.45) is 11.3 Å². The van der Waals surface area contributed by atoms with Crippen LogP contribution < -0.4 is 0 Å². The fourth-order valence-electron chi connectivity index (χ4n) is 1.58. The highest BCUT2D eigenvalue weighted by molar-refractivity contribution is 7.91. The van der Waals surface area contributed by atoms with Crippen LogP contribution in [0.5, 0.6) is 0 Å². The van der Waals surface area contributed by atoms with Gasteiger partial charge in [0.25, 0.3) is 0 Å². The van der Waals surface area contributed by atoms with Crippen LogP contribution in [-0.2, 0) is 14.6 Å². The Morgan fingerprint density at radius 2 is 1.62 bits per heavy atom. The summed E-state index contributed by atoms with van der Waals surface area (Å²) >= 11 is 0. The van der Waals surface area contributed by atoms with Crippen molar-refractivity contribution in [3.05, 3.63) is 0 Å². The van der Waals surface area contributed by atoms with Gasteiger partial charge in [-0.1, -0.05) is 27.7 Å². The van der Waals surface area contributed by atoms with Crippen LogP contribution >= 0.6 is 0 Å². The summed E-state index contributed by atoms with van der Waals surface area (Å²) in [4.78, 5) is 13.8. The number of carbonyl (C=O) groups is 1. The Balaban J connectivity index is 2.64. The Morgan fingerprint density at radius 3 is 2.00 bits per heavy atom. The van der Waals surface area contributed by atoms with E-state index in [0.29, 0.717) is 13.1 Å². The number of hydrogen-bond donors (Lipinski definition) is 0. The summed E-state index contributed by atoms with van der Waals surface area (Å²) in [6, 6.07) is 0. The Kier molecular flexibility index (Phi) is 3.67. The zero-order valence-corrected chi connectivity index (χ0v) is 11.3. The number of sulfone groups is 1. The van der Waals surface area contributed by atoms with Gasteiger partial charge in [0.2, 0.25) is 5.91 Å². The van der Waals surface area contributed by atoms with Crippen molar-refractivity contribution >= 4 is 15.7 Å². The number of carbonyl (C=O) groups excluding carboxylic acids is 1. The number of amides is 1. The monoisotopic (exact) mass is 247 g/mol. The molecule has 0 spiro atoms. The Labute approximate surface area is 97.9 Å². The molecule has 1 aliphatic rings. The van der Waals surface area contributed by atoms with Crippen molar-refractivity contribution in [2.45, 2.75) is 27.7 Å². The average Bonchev–Trinajstić information content (AvgIpc) is 2.14. The molecule has 5 heteroatoms. The molecule has 0 aromatic carbocycles. The van der Waals surface area contributed by atoms with Gasteiger partial charge >= 0.3 is 0 Å². The molecular formula is C11H21NO3S. The summed E-state index contributed by atoms with van der Waals surface area (Å²) in [6.07, 6.45) is 0. The van der Waals surface area contributed by atoms with Gasteiger partial charge in [-0.3, -0.25) is 4.79 Å². The minimum atomic E-state index is -2.90. The van der Waals surface area contributed by atoms with E-state index >= 15 is 0 Å². The van der Waals surface area contributed by atoms with Gasteiger partial charge in [0.05, 0.1) is 11.5 Å². The van der Waals surface area contributed by atoms with E-state index in [1.807, 2.05) is 27.7 Å². The predicted molar refractivity (Wildman–Crippen MR) is 63.9 cm³/mol. The molecule has 0 radical (unpaired) electrons. The third-order valence-corrected chi connectivity index (χ3v) is 4.93. The van der Waals surface area contributed by atoms with Crippen molar-refractivity contribution in [1.29, 1.82) is 0 Å². The lowest BCUT2D eigenvalue weighted by Gasteiger charge is -2.34. The van der Waals surface area contributed by atoms with E-state index in [9.17, 15) is 13.2 Å². The lowest BCUT2D eigenvalue weighted by atomic mass is 9.81. The van der Waals surface area contributed by atoms with Gasteiger partial charge in [0.15, 0.2) is 9.84 Å². The van der Waals surface area contributed by atoms with E-state index in [1.54, 1.807) is 4.90 Å². The molecule has 1 amide bonds. The normalized spacial score (nSPS) is 22.9. The van der Waals surface area contributed by atoms with Crippen LogP contribution in [0.2, 0.25) is 0 Å². The zero-order chi connectivity index (χ0) is 12.6. The first-order valence-corrected chi connectivity index (χ1v) is 7.45. The van der Waals surface area contributed by atoms with E-state index in [0.717, 1.165) is 0 Å². The zero-order valence-electron chi connectivity index (χ0n) is 10.5. The fraction of sp³-hybridized carbons (Fsp3) is 0.909. The lowest BCUT2D eigenvalue weighted by Crippen LogP contribution is -2.47. The molecule has 1 unspecified atom stereocenters. The molecule has 0 saturated carbocycles. The van der Waals surface area contributed by atoms with Gasteiger partial charge < -0.3 is 4.90 Å². The first kappa shape index (κ1) is 13.5. The second-order valence-electron chi connectivity index (χ2n) is 5.56. The summed E-state index contributed by atoms with van der Waals surface area (Å²) < 4.78 is 22.5. The average molecular weight is 247 g/mol. The third-order valence-electron chi connectivity index (χ3n) is 3.33.